The van der Waals surface area contributed by atoms with Gasteiger partial charge in [0.15, 0.2) is 0 Å². The van der Waals surface area contributed by atoms with Crippen LogP contribution in [0.4, 0.5) is 4.39 Å². The number of nitrogens with one attached hydrogen (secondary N) is 1. The van der Waals surface area contributed by atoms with E-state index in [0.29, 0.717) is 25.9 Å². The molecule has 1 saturated heterocycles. The zero-order valence-corrected chi connectivity index (χ0v) is 16.5. The number of benzene rings is 1. The molecule has 0 bridgehead atoms. The van der Waals surface area contributed by atoms with E-state index >= 15 is 0 Å². The van der Waals surface area contributed by atoms with Crippen LogP contribution >= 0.6 is 0 Å². The summed E-state index contributed by atoms with van der Waals surface area (Å²) in [6, 6.07) is 4.52. The number of hydrogen-bond acceptors (Lipinski definition) is 4. The van der Waals surface area contributed by atoms with Crippen molar-refractivity contribution in [3.63, 3.8) is 0 Å². The van der Waals surface area contributed by atoms with Gasteiger partial charge in [0.2, 0.25) is 15.9 Å². The first-order valence-corrected chi connectivity index (χ1v) is 11.0. The highest BCUT2D eigenvalue weighted by molar-refractivity contribution is 7.89. The van der Waals surface area contributed by atoms with Crippen molar-refractivity contribution >= 4 is 15.9 Å². The van der Waals surface area contributed by atoms with Gasteiger partial charge in [-0.25, -0.2) is 17.5 Å². The lowest BCUT2D eigenvalue weighted by Crippen LogP contribution is -2.56. The molecule has 2 fully saturated rings. The van der Waals surface area contributed by atoms with Crippen LogP contribution in [0.25, 0.3) is 0 Å². The van der Waals surface area contributed by atoms with Crippen molar-refractivity contribution in [1.82, 2.24) is 9.62 Å². The molecule has 1 aliphatic carbocycles. The number of sulfonamides is 1. The fraction of sp³-hybridized carbons (Fsp3) is 0.632. The Kier molecular flexibility index (Phi) is 5.88. The van der Waals surface area contributed by atoms with Gasteiger partial charge in [-0.2, -0.15) is 0 Å². The summed E-state index contributed by atoms with van der Waals surface area (Å²) in [5.41, 5.74) is 5.89. The lowest BCUT2D eigenvalue weighted by Gasteiger charge is -2.41. The van der Waals surface area contributed by atoms with Gasteiger partial charge in [0.05, 0.1) is 10.8 Å². The number of halogens is 1. The summed E-state index contributed by atoms with van der Waals surface area (Å²) >= 11 is 0. The fourth-order valence-corrected chi connectivity index (χ4v) is 5.41. The number of hydrogen-bond donors (Lipinski definition) is 2. The third-order valence-corrected chi connectivity index (χ3v) is 7.34. The van der Waals surface area contributed by atoms with Gasteiger partial charge < -0.3 is 10.6 Å². The number of nitrogens with two attached hydrogens (primary N) is 1. The van der Waals surface area contributed by atoms with Gasteiger partial charge in [0, 0.05) is 24.7 Å². The molecular formula is C19H28FN3O3S. The molecule has 2 unspecified atom stereocenters. The molecule has 1 aliphatic heterocycles. The number of amides is 1. The van der Waals surface area contributed by atoms with Gasteiger partial charge in [0.25, 0.3) is 0 Å². The molecule has 1 aromatic carbocycles. The minimum absolute atomic E-state index is 0.0449. The Labute approximate surface area is 160 Å². The highest BCUT2D eigenvalue weighted by Gasteiger charge is 2.40. The predicted octanol–water partition coefficient (Wildman–Crippen LogP) is 2.00. The summed E-state index contributed by atoms with van der Waals surface area (Å²) < 4.78 is 40.5. The first kappa shape index (κ1) is 20.2. The highest BCUT2D eigenvalue weighted by atomic mass is 32.2. The van der Waals surface area contributed by atoms with Crippen LogP contribution in [0.2, 0.25) is 0 Å². The summed E-state index contributed by atoms with van der Waals surface area (Å²) in [6.45, 7) is 2.99. The molecule has 0 spiro atoms. The maximum absolute atomic E-state index is 13.0. The lowest BCUT2D eigenvalue weighted by atomic mass is 9.74. The number of likely N-dealkylation sites (tertiary alicyclic amines) is 1. The van der Waals surface area contributed by atoms with E-state index in [-0.39, 0.29) is 22.8 Å². The third-order valence-electron chi connectivity index (χ3n) is 5.80. The zero-order valence-electron chi connectivity index (χ0n) is 15.7. The Morgan fingerprint density at radius 2 is 1.81 bits per heavy atom. The molecule has 2 aliphatic rings. The summed E-state index contributed by atoms with van der Waals surface area (Å²) in [4.78, 5) is 14.8. The van der Waals surface area contributed by atoms with Gasteiger partial charge in [-0.15, -0.1) is 0 Å². The van der Waals surface area contributed by atoms with E-state index in [9.17, 15) is 17.6 Å². The van der Waals surface area contributed by atoms with Gasteiger partial charge in [-0.05, 0) is 56.9 Å². The normalized spacial score (nSPS) is 27.5. The summed E-state index contributed by atoms with van der Waals surface area (Å²) in [5.74, 6) is -0.534. The van der Waals surface area contributed by atoms with Gasteiger partial charge in [-0.1, -0.05) is 12.8 Å². The smallest absolute Gasteiger partial charge is 0.240 e. The molecule has 3 N–H and O–H groups in total. The Morgan fingerprint density at radius 1 is 1.19 bits per heavy atom. The second-order valence-corrected chi connectivity index (χ2v) is 9.69. The molecule has 1 heterocycles. The van der Waals surface area contributed by atoms with Crippen molar-refractivity contribution in [3.8, 4) is 0 Å². The van der Waals surface area contributed by atoms with E-state index in [4.69, 9.17) is 5.73 Å². The molecule has 1 aromatic rings. The average molecular weight is 398 g/mol. The number of nitrogens with zero attached hydrogens (tertiary/aromatic N) is 1. The van der Waals surface area contributed by atoms with Crippen molar-refractivity contribution < 1.29 is 17.6 Å². The van der Waals surface area contributed by atoms with Crippen LogP contribution in [0.5, 0.6) is 0 Å². The summed E-state index contributed by atoms with van der Waals surface area (Å²) in [6.07, 6.45) is 4.88. The lowest BCUT2D eigenvalue weighted by molar-refractivity contribution is -0.140. The van der Waals surface area contributed by atoms with E-state index in [1.165, 1.54) is 12.1 Å². The maximum atomic E-state index is 13.0. The molecule has 0 aromatic heterocycles. The second kappa shape index (κ2) is 7.85. The van der Waals surface area contributed by atoms with E-state index in [2.05, 4.69) is 4.72 Å². The van der Waals surface area contributed by atoms with Crippen LogP contribution in [0.3, 0.4) is 0 Å². The van der Waals surface area contributed by atoms with E-state index < -0.39 is 21.4 Å². The van der Waals surface area contributed by atoms with Crippen molar-refractivity contribution in [1.29, 1.82) is 0 Å². The standard InChI is InChI=1S/C19H28FN3O3S/c1-19(21)11-3-2-4-17(19)18(24)23-12-9-15(10-13-23)22-27(25,26)16-7-5-14(20)6-8-16/h5-8,15,17,22H,2-4,9-13,21H2,1H3. The minimum atomic E-state index is -3.69. The van der Waals surface area contributed by atoms with Crippen molar-refractivity contribution in [3.05, 3.63) is 30.1 Å². The molecule has 6 nitrogen and oxygen atoms in total. The first-order chi connectivity index (χ1) is 12.7. The van der Waals surface area contributed by atoms with Crippen molar-refractivity contribution in [2.75, 3.05) is 13.1 Å². The van der Waals surface area contributed by atoms with Gasteiger partial charge in [-0.3, -0.25) is 4.79 Å². The largest absolute Gasteiger partial charge is 0.342 e. The van der Waals surface area contributed by atoms with Crippen LogP contribution in [0.15, 0.2) is 29.2 Å². The Hall–Kier alpha value is -1.51. The van der Waals surface area contributed by atoms with E-state index in [0.717, 1.165) is 37.8 Å². The molecule has 1 saturated carbocycles. The molecule has 3 rings (SSSR count). The maximum Gasteiger partial charge on any atom is 0.240 e. The van der Waals surface area contributed by atoms with Crippen LogP contribution in [-0.4, -0.2) is 43.9 Å². The quantitative estimate of drug-likeness (QED) is 0.813. The molecule has 27 heavy (non-hydrogen) atoms. The van der Waals surface area contributed by atoms with Gasteiger partial charge >= 0.3 is 0 Å². The summed E-state index contributed by atoms with van der Waals surface area (Å²) in [5, 5.41) is 0. The van der Waals surface area contributed by atoms with Crippen molar-refractivity contribution in [2.45, 2.75) is 61.9 Å². The predicted molar refractivity (Wildman–Crippen MR) is 101 cm³/mol. The monoisotopic (exact) mass is 397 g/mol. The van der Waals surface area contributed by atoms with Gasteiger partial charge in [0.1, 0.15) is 5.82 Å². The van der Waals surface area contributed by atoms with E-state index in [1.807, 2.05) is 11.8 Å². The number of rotatable bonds is 4. The topological polar surface area (TPSA) is 92.5 Å². The average Bonchev–Trinajstić information content (AvgIpc) is 2.61. The Morgan fingerprint density at radius 3 is 2.41 bits per heavy atom. The van der Waals surface area contributed by atoms with Crippen LogP contribution in [-0.2, 0) is 14.8 Å². The number of piperidine rings is 1. The summed E-state index contributed by atoms with van der Waals surface area (Å²) in [7, 11) is -3.69. The number of carbonyl (C=O) groups is 1. The van der Waals surface area contributed by atoms with Crippen LogP contribution in [0, 0.1) is 11.7 Å². The molecule has 8 heteroatoms. The van der Waals surface area contributed by atoms with Crippen molar-refractivity contribution in [2.24, 2.45) is 11.7 Å². The second-order valence-electron chi connectivity index (χ2n) is 7.98. The Balaban J connectivity index is 1.57. The molecular weight excluding hydrogens is 369 g/mol. The highest BCUT2D eigenvalue weighted by Crippen LogP contribution is 2.33. The molecule has 0 radical (unpaired) electrons. The zero-order chi connectivity index (χ0) is 19.7. The van der Waals surface area contributed by atoms with Crippen LogP contribution in [0.1, 0.15) is 45.4 Å². The molecule has 150 valence electrons. The third kappa shape index (κ3) is 4.67. The molecule has 2 atom stereocenters. The van der Waals surface area contributed by atoms with E-state index in [1.54, 1.807) is 0 Å². The number of carbonyl (C=O) groups excluding carboxylic acids is 1. The Bertz CT molecular complexity index is 772. The minimum Gasteiger partial charge on any atom is -0.342 e. The van der Waals surface area contributed by atoms with Crippen LogP contribution < -0.4 is 10.5 Å². The first-order valence-electron chi connectivity index (χ1n) is 9.55. The fourth-order valence-electron chi connectivity index (χ4n) is 4.10. The molecule has 1 amide bonds. The SMILES string of the molecule is CC1(N)CCCCC1C(=O)N1CCC(NS(=O)(=O)c2ccc(F)cc2)CC1.